The van der Waals surface area contributed by atoms with E-state index in [1.54, 1.807) is 13.3 Å². The van der Waals surface area contributed by atoms with E-state index < -0.39 is 0 Å². The summed E-state index contributed by atoms with van der Waals surface area (Å²) >= 11 is 0. The topological polar surface area (TPSA) is 35.0 Å². The summed E-state index contributed by atoms with van der Waals surface area (Å²) in [6.45, 7) is 2.02. The van der Waals surface area contributed by atoms with Gasteiger partial charge in [-0.25, -0.2) is 0 Å². The minimum absolute atomic E-state index is 0.812. The number of ether oxygens (including phenoxy) is 1. The molecule has 2 aromatic rings. The number of methoxy groups -OCH3 is 1. The fourth-order valence-electron chi connectivity index (χ4n) is 1.30. The van der Waals surface area contributed by atoms with Gasteiger partial charge < -0.3 is 4.74 Å². The molecule has 3 heteroatoms. The minimum Gasteiger partial charge on any atom is -0.497 e. The zero-order chi connectivity index (χ0) is 9.26. The van der Waals surface area contributed by atoms with Crippen LogP contribution in [0, 0.1) is 6.92 Å². The predicted octanol–water partition coefficient (Wildman–Crippen LogP) is 1.95. The van der Waals surface area contributed by atoms with Crippen LogP contribution < -0.4 is 4.74 Å². The van der Waals surface area contributed by atoms with Crippen molar-refractivity contribution >= 4 is 10.9 Å². The van der Waals surface area contributed by atoms with Crippen molar-refractivity contribution in [3.63, 3.8) is 0 Å². The molecule has 66 valence electrons. The summed E-state index contributed by atoms with van der Waals surface area (Å²) in [5, 5.41) is 9.02. The minimum atomic E-state index is 0.812. The number of aryl methyl sites for hydroxylation is 1. The van der Waals surface area contributed by atoms with Gasteiger partial charge in [-0.05, 0) is 24.6 Å². The van der Waals surface area contributed by atoms with Crippen LogP contribution in [0.15, 0.2) is 24.4 Å². The van der Waals surface area contributed by atoms with Crippen molar-refractivity contribution in [1.82, 2.24) is 10.2 Å². The van der Waals surface area contributed by atoms with Crippen LogP contribution in [0.5, 0.6) is 5.75 Å². The van der Waals surface area contributed by atoms with Gasteiger partial charge in [0.15, 0.2) is 0 Å². The third-order valence-electron chi connectivity index (χ3n) is 2.05. The summed E-state index contributed by atoms with van der Waals surface area (Å²) < 4.78 is 5.09. The Morgan fingerprint density at radius 3 is 2.92 bits per heavy atom. The van der Waals surface area contributed by atoms with Crippen LogP contribution in [0.3, 0.4) is 0 Å². The molecule has 0 aliphatic carbocycles. The summed E-state index contributed by atoms with van der Waals surface area (Å²) in [6, 6.07) is 5.81. The molecule has 0 atom stereocenters. The molecule has 0 bridgehead atoms. The number of hydrogen-bond acceptors (Lipinski definition) is 3. The quantitative estimate of drug-likeness (QED) is 0.662. The van der Waals surface area contributed by atoms with E-state index in [2.05, 4.69) is 10.2 Å². The van der Waals surface area contributed by atoms with E-state index in [1.165, 1.54) is 0 Å². The number of benzene rings is 1. The highest BCUT2D eigenvalue weighted by Gasteiger charge is 1.99. The second-order valence-electron chi connectivity index (χ2n) is 2.91. The zero-order valence-electron chi connectivity index (χ0n) is 7.61. The molecule has 0 aliphatic rings. The summed E-state index contributed by atoms with van der Waals surface area (Å²) in [5.74, 6) is 0.812. The van der Waals surface area contributed by atoms with Crippen LogP contribution in [-0.4, -0.2) is 17.3 Å². The average Bonchev–Trinajstić information content (AvgIpc) is 2.18. The second-order valence-corrected chi connectivity index (χ2v) is 2.91. The highest BCUT2D eigenvalue weighted by molar-refractivity contribution is 5.82. The van der Waals surface area contributed by atoms with Gasteiger partial charge in [0.2, 0.25) is 0 Å². The molecule has 0 amide bonds. The van der Waals surface area contributed by atoms with Gasteiger partial charge in [-0.2, -0.15) is 10.2 Å². The first-order chi connectivity index (χ1) is 6.31. The molecule has 0 saturated heterocycles. The van der Waals surface area contributed by atoms with Crippen molar-refractivity contribution in [3.8, 4) is 5.75 Å². The van der Waals surface area contributed by atoms with E-state index in [9.17, 15) is 0 Å². The molecule has 0 fully saturated rings. The molecular formula is C10H10N2O. The zero-order valence-corrected chi connectivity index (χ0v) is 7.61. The fourth-order valence-corrected chi connectivity index (χ4v) is 1.30. The molecule has 0 N–H and O–H groups in total. The molecule has 0 saturated carbocycles. The number of fused-ring (bicyclic) bond motifs is 1. The van der Waals surface area contributed by atoms with Crippen LogP contribution in [0.4, 0.5) is 0 Å². The SMILES string of the molecule is COc1ccc2c(C)cnnc2c1. The maximum absolute atomic E-state index is 5.09. The van der Waals surface area contributed by atoms with Crippen molar-refractivity contribution < 1.29 is 4.74 Å². The highest BCUT2D eigenvalue weighted by Crippen LogP contribution is 2.20. The van der Waals surface area contributed by atoms with Crippen molar-refractivity contribution in [3.05, 3.63) is 30.0 Å². The Balaban J connectivity index is 2.72. The van der Waals surface area contributed by atoms with Gasteiger partial charge >= 0.3 is 0 Å². The molecule has 0 aliphatic heterocycles. The Kier molecular flexibility index (Phi) is 1.85. The smallest absolute Gasteiger partial charge is 0.121 e. The summed E-state index contributed by atoms with van der Waals surface area (Å²) in [7, 11) is 1.64. The molecule has 0 unspecified atom stereocenters. The lowest BCUT2D eigenvalue weighted by Gasteiger charge is -2.02. The second kappa shape index (κ2) is 3.01. The summed E-state index contributed by atoms with van der Waals surface area (Å²) in [6.07, 6.45) is 1.76. The first-order valence-corrected chi connectivity index (χ1v) is 4.07. The summed E-state index contributed by atoms with van der Waals surface area (Å²) in [4.78, 5) is 0. The van der Waals surface area contributed by atoms with Crippen molar-refractivity contribution in [2.24, 2.45) is 0 Å². The first-order valence-electron chi connectivity index (χ1n) is 4.07. The van der Waals surface area contributed by atoms with Gasteiger partial charge in [-0.3, -0.25) is 0 Å². The van der Waals surface area contributed by atoms with E-state index in [4.69, 9.17) is 4.74 Å². The third kappa shape index (κ3) is 1.33. The van der Waals surface area contributed by atoms with Gasteiger partial charge in [0, 0.05) is 11.5 Å². The Hall–Kier alpha value is -1.64. The van der Waals surface area contributed by atoms with Crippen molar-refractivity contribution in [2.45, 2.75) is 6.92 Å². The number of nitrogens with zero attached hydrogens (tertiary/aromatic N) is 2. The van der Waals surface area contributed by atoms with Crippen molar-refractivity contribution in [1.29, 1.82) is 0 Å². The van der Waals surface area contributed by atoms with Crippen LogP contribution in [0.2, 0.25) is 0 Å². The molecule has 1 heterocycles. The first kappa shape index (κ1) is 7.98. The van der Waals surface area contributed by atoms with Gasteiger partial charge in [0.25, 0.3) is 0 Å². The van der Waals surface area contributed by atoms with Crippen LogP contribution in [-0.2, 0) is 0 Å². The fraction of sp³-hybridized carbons (Fsp3) is 0.200. The highest BCUT2D eigenvalue weighted by atomic mass is 16.5. The molecule has 13 heavy (non-hydrogen) atoms. The largest absolute Gasteiger partial charge is 0.497 e. The van der Waals surface area contributed by atoms with E-state index in [0.29, 0.717) is 0 Å². The molecule has 0 radical (unpaired) electrons. The van der Waals surface area contributed by atoms with E-state index in [-0.39, 0.29) is 0 Å². The van der Waals surface area contributed by atoms with Crippen LogP contribution in [0.1, 0.15) is 5.56 Å². The standard InChI is InChI=1S/C10H10N2O/c1-7-6-11-12-10-5-8(13-2)3-4-9(7)10/h3-6H,1-2H3. The van der Waals surface area contributed by atoms with Crippen LogP contribution in [0.25, 0.3) is 10.9 Å². The van der Waals surface area contributed by atoms with E-state index >= 15 is 0 Å². The monoisotopic (exact) mass is 174 g/mol. The molecule has 0 spiro atoms. The van der Waals surface area contributed by atoms with E-state index in [1.807, 2.05) is 25.1 Å². The predicted molar refractivity (Wildman–Crippen MR) is 50.8 cm³/mol. The average molecular weight is 174 g/mol. The molecule has 3 nitrogen and oxygen atoms in total. The molecular weight excluding hydrogens is 164 g/mol. The van der Waals surface area contributed by atoms with Gasteiger partial charge in [-0.1, -0.05) is 0 Å². The van der Waals surface area contributed by atoms with Crippen molar-refractivity contribution in [2.75, 3.05) is 7.11 Å². The van der Waals surface area contributed by atoms with Gasteiger partial charge in [0.05, 0.1) is 18.8 Å². The lowest BCUT2D eigenvalue weighted by Crippen LogP contribution is -1.88. The van der Waals surface area contributed by atoms with Gasteiger partial charge in [-0.15, -0.1) is 0 Å². The number of aromatic nitrogens is 2. The Labute approximate surface area is 76.4 Å². The Bertz CT molecular complexity index is 440. The molecule has 2 rings (SSSR count). The summed E-state index contributed by atoms with van der Waals surface area (Å²) in [5.41, 5.74) is 2.01. The normalized spacial score (nSPS) is 10.3. The Morgan fingerprint density at radius 1 is 1.31 bits per heavy atom. The molecule has 1 aromatic carbocycles. The maximum atomic E-state index is 5.09. The molecule has 1 aromatic heterocycles. The Morgan fingerprint density at radius 2 is 2.15 bits per heavy atom. The van der Waals surface area contributed by atoms with E-state index in [0.717, 1.165) is 22.2 Å². The maximum Gasteiger partial charge on any atom is 0.121 e. The van der Waals surface area contributed by atoms with Gasteiger partial charge in [0.1, 0.15) is 5.75 Å². The van der Waals surface area contributed by atoms with Crippen LogP contribution >= 0.6 is 0 Å². The third-order valence-corrected chi connectivity index (χ3v) is 2.05. The lowest BCUT2D eigenvalue weighted by atomic mass is 10.1. The lowest BCUT2D eigenvalue weighted by molar-refractivity contribution is 0.415. The number of hydrogen-bond donors (Lipinski definition) is 0. The number of rotatable bonds is 1.